The average molecular weight is 300 g/mol. The van der Waals surface area contributed by atoms with Gasteiger partial charge in [0, 0.05) is 17.4 Å². The van der Waals surface area contributed by atoms with Crippen molar-refractivity contribution in [3.05, 3.63) is 28.2 Å². The molecule has 2 rings (SSSR count). The highest BCUT2D eigenvalue weighted by Crippen LogP contribution is 2.33. The zero-order valence-electron chi connectivity index (χ0n) is 9.11. The second kappa shape index (κ2) is 4.80. The summed E-state index contributed by atoms with van der Waals surface area (Å²) in [6.45, 7) is 2.81. The van der Waals surface area contributed by atoms with E-state index in [1.54, 1.807) is 0 Å². The standard InChI is InChI=1S/C12H14BrNOS/c1-8-3-2-4-10(12(8)13)14-6-9(7-16)5-11(14)15/h2-4,9,16H,5-7H2,1H3. The largest absolute Gasteiger partial charge is 0.311 e. The van der Waals surface area contributed by atoms with E-state index < -0.39 is 0 Å². The number of anilines is 1. The third kappa shape index (κ3) is 2.13. The second-order valence-electron chi connectivity index (χ2n) is 4.17. The van der Waals surface area contributed by atoms with Gasteiger partial charge in [0.2, 0.25) is 5.91 Å². The molecule has 1 heterocycles. The molecule has 0 aliphatic carbocycles. The van der Waals surface area contributed by atoms with Crippen LogP contribution in [0.3, 0.4) is 0 Å². The van der Waals surface area contributed by atoms with E-state index in [2.05, 4.69) is 28.6 Å². The number of benzene rings is 1. The van der Waals surface area contributed by atoms with E-state index in [0.29, 0.717) is 12.3 Å². The van der Waals surface area contributed by atoms with Gasteiger partial charge in [-0.15, -0.1) is 0 Å². The monoisotopic (exact) mass is 299 g/mol. The number of nitrogens with zero attached hydrogens (tertiary/aromatic N) is 1. The van der Waals surface area contributed by atoms with Crippen molar-refractivity contribution in [2.24, 2.45) is 5.92 Å². The predicted molar refractivity (Wildman–Crippen MR) is 73.2 cm³/mol. The quantitative estimate of drug-likeness (QED) is 0.832. The van der Waals surface area contributed by atoms with Gasteiger partial charge in [-0.1, -0.05) is 12.1 Å². The smallest absolute Gasteiger partial charge is 0.227 e. The first-order valence-corrected chi connectivity index (χ1v) is 6.72. The summed E-state index contributed by atoms with van der Waals surface area (Å²) in [5.74, 6) is 1.35. The molecule has 0 aromatic heterocycles. The van der Waals surface area contributed by atoms with E-state index in [1.807, 2.05) is 30.0 Å². The van der Waals surface area contributed by atoms with Crippen LogP contribution in [0.4, 0.5) is 5.69 Å². The number of hydrogen-bond donors (Lipinski definition) is 1. The highest BCUT2D eigenvalue weighted by molar-refractivity contribution is 9.10. The van der Waals surface area contributed by atoms with Crippen molar-refractivity contribution in [1.82, 2.24) is 0 Å². The molecule has 0 radical (unpaired) electrons. The van der Waals surface area contributed by atoms with Crippen LogP contribution in [0.25, 0.3) is 0 Å². The maximum absolute atomic E-state index is 11.9. The van der Waals surface area contributed by atoms with E-state index in [-0.39, 0.29) is 5.91 Å². The fourth-order valence-corrected chi connectivity index (χ4v) is 2.70. The normalized spacial score (nSPS) is 20.6. The topological polar surface area (TPSA) is 20.3 Å². The molecular formula is C12H14BrNOS. The zero-order valence-corrected chi connectivity index (χ0v) is 11.6. The molecule has 86 valence electrons. The number of thiol groups is 1. The van der Waals surface area contributed by atoms with Crippen molar-refractivity contribution in [3.63, 3.8) is 0 Å². The minimum absolute atomic E-state index is 0.199. The fraction of sp³-hybridized carbons (Fsp3) is 0.417. The number of carbonyl (C=O) groups is 1. The summed E-state index contributed by atoms with van der Waals surface area (Å²) >= 11 is 7.81. The van der Waals surface area contributed by atoms with Crippen LogP contribution in [0.15, 0.2) is 22.7 Å². The van der Waals surface area contributed by atoms with Crippen LogP contribution in [0.5, 0.6) is 0 Å². The number of hydrogen-bond acceptors (Lipinski definition) is 2. The Labute approximate surface area is 110 Å². The lowest BCUT2D eigenvalue weighted by molar-refractivity contribution is -0.117. The number of amides is 1. The molecular weight excluding hydrogens is 286 g/mol. The molecule has 1 aliphatic rings. The van der Waals surface area contributed by atoms with Gasteiger partial charge in [-0.2, -0.15) is 12.6 Å². The van der Waals surface area contributed by atoms with Gasteiger partial charge in [0.1, 0.15) is 0 Å². The summed E-state index contributed by atoms with van der Waals surface area (Å²) in [4.78, 5) is 13.7. The molecule has 1 saturated heterocycles. The van der Waals surface area contributed by atoms with Crippen molar-refractivity contribution >= 4 is 40.2 Å². The van der Waals surface area contributed by atoms with Gasteiger partial charge in [0.15, 0.2) is 0 Å². The number of rotatable bonds is 2. The van der Waals surface area contributed by atoms with E-state index in [1.165, 1.54) is 0 Å². The van der Waals surface area contributed by atoms with Gasteiger partial charge in [0.05, 0.1) is 5.69 Å². The molecule has 1 amide bonds. The first-order valence-electron chi connectivity index (χ1n) is 5.30. The van der Waals surface area contributed by atoms with Gasteiger partial charge in [0.25, 0.3) is 0 Å². The molecule has 1 atom stereocenters. The van der Waals surface area contributed by atoms with Crippen LogP contribution in [0, 0.1) is 12.8 Å². The predicted octanol–water partition coefficient (Wildman–Crippen LogP) is 3.04. The zero-order chi connectivity index (χ0) is 11.7. The molecule has 0 N–H and O–H groups in total. The van der Waals surface area contributed by atoms with Crippen molar-refractivity contribution in [3.8, 4) is 0 Å². The summed E-state index contributed by atoms with van der Waals surface area (Å²) in [6.07, 6.45) is 0.615. The van der Waals surface area contributed by atoms with Crippen LogP contribution < -0.4 is 4.90 Å². The van der Waals surface area contributed by atoms with Gasteiger partial charge in [-0.25, -0.2) is 0 Å². The molecule has 0 spiro atoms. The second-order valence-corrected chi connectivity index (χ2v) is 5.32. The van der Waals surface area contributed by atoms with Crippen LogP contribution in [0.2, 0.25) is 0 Å². The first-order chi connectivity index (χ1) is 7.63. The lowest BCUT2D eigenvalue weighted by Crippen LogP contribution is -2.25. The Balaban J connectivity index is 2.31. The molecule has 1 fully saturated rings. The van der Waals surface area contributed by atoms with E-state index in [9.17, 15) is 4.79 Å². The Bertz CT molecular complexity index is 421. The highest BCUT2D eigenvalue weighted by Gasteiger charge is 2.30. The van der Waals surface area contributed by atoms with Crippen LogP contribution in [0.1, 0.15) is 12.0 Å². The van der Waals surface area contributed by atoms with Crippen molar-refractivity contribution in [2.75, 3.05) is 17.2 Å². The molecule has 4 heteroatoms. The van der Waals surface area contributed by atoms with Gasteiger partial charge in [-0.05, 0) is 46.2 Å². The van der Waals surface area contributed by atoms with Gasteiger partial charge >= 0.3 is 0 Å². The van der Waals surface area contributed by atoms with Gasteiger partial charge < -0.3 is 4.90 Å². The molecule has 16 heavy (non-hydrogen) atoms. The van der Waals surface area contributed by atoms with E-state index in [0.717, 1.165) is 28.0 Å². The van der Waals surface area contributed by atoms with Crippen molar-refractivity contribution in [1.29, 1.82) is 0 Å². The minimum atomic E-state index is 0.199. The highest BCUT2D eigenvalue weighted by atomic mass is 79.9. The lowest BCUT2D eigenvalue weighted by Gasteiger charge is -2.19. The summed E-state index contributed by atoms with van der Waals surface area (Å²) in [5.41, 5.74) is 2.13. The summed E-state index contributed by atoms with van der Waals surface area (Å²) in [7, 11) is 0. The van der Waals surface area contributed by atoms with Gasteiger partial charge in [-0.3, -0.25) is 4.79 Å². The van der Waals surface area contributed by atoms with Crippen molar-refractivity contribution < 1.29 is 4.79 Å². The maximum atomic E-state index is 11.9. The Morgan fingerprint density at radius 2 is 2.31 bits per heavy atom. The molecule has 1 aliphatic heterocycles. The molecule has 0 saturated carbocycles. The summed E-state index contributed by atoms with van der Waals surface area (Å²) in [6, 6.07) is 6.00. The number of halogens is 1. The Morgan fingerprint density at radius 3 is 2.94 bits per heavy atom. The Hall–Kier alpha value is -0.480. The summed E-state index contributed by atoms with van der Waals surface area (Å²) in [5, 5.41) is 0. The van der Waals surface area contributed by atoms with Crippen molar-refractivity contribution in [2.45, 2.75) is 13.3 Å². The third-order valence-corrected chi connectivity index (χ3v) is 4.47. The molecule has 1 unspecified atom stereocenters. The molecule has 1 aromatic carbocycles. The lowest BCUT2D eigenvalue weighted by atomic mass is 10.1. The molecule has 2 nitrogen and oxygen atoms in total. The molecule has 0 bridgehead atoms. The fourth-order valence-electron chi connectivity index (χ4n) is 1.98. The average Bonchev–Trinajstić information content (AvgIpc) is 2.64. The number of aryl methyl sites for hydroxylation is 1. The third-order valence-electron chi connectivity index (χ3n) is 2.93. The van der Waals surface area contributed by atoms with Crippen LogP contribution >= 0.6 is 28.6 Å². The van der Waals surface area contributed by atoms with E-state index in [4.69, 9.17) is 0 Å². The summed E-state index contributed by atoms with van der Waals surface area (Å²) < 4.78 is 1.02. The molecule has 1 aromatic rings. The van der Waals surface area contributed by atoms with Crippen LogP contribution in [-0.2, 0) is 4.79 Å². The van der Waals surface area contributed by atoms with E-state index >= 15 is 0 Å². The Morgan fingerprint density at radius 1 is 1.56 bits per heavy atom. The Kier molecular flexibility index (Phi) is 3.60. The number of carbonyl (C=O) groups excluding carboxylic acids is 1. The maximum Gasteiger partial charge on any atom is 0.227 e. The minimum Gasteiger partial charge on any atom is -0.311 e. The van der Waals surface area contributed by atoms with Crippen LogP contribution in [-0.4, -0.2) is 18.2 Å². The SMILES string of the molecule is Cc1cccc(N2CC(CS)CC2=O)c1Br. The first kappa shape index (κ1) is 12.0.